The maximum atomic E-state index is 13.9. The third kappa shape index (κ3) is 4.05. The summed E-state index contributed by atoms with van der Waals surface area (Å²) in [6.45, 7) is 4.01. The van der Waals surface area contributed by atoms with E-state index in [1.54, 1.807) is 30.3 Å². The van der Waals surface area contributed by atoms with E-state index in [1.165, 1.54) is 16.4 Å². The second-order valence-electron chi connectivity index (χ2n) is 7.39. The number of anilines is 1. The number of para-hydroxylation sites is 1. The summed E-state index contributed by atoms with van der Waals surface area (Å²) in [4.78, 5) is 16.7. The van der Waals surface area contributed by atoms with Crippen LogP contribution < -0.4 is 4.90 Å². The zero-order valence-corrected chi connectivity index (χ0v) is 16.9. The van der Waals surface area contributed by atoms with Crippen molar-refractivity contribution < 1.29 is 17.6 Å². The molecule has 2 aliphatic heterocycles. The van der Waals surface area contributed by atoms with Gasteiger partial charge in [-0.15, -0.1) is 0 Å². The smallest absolute Gasteiger partial charge is 0.244 e. The number of benzene rings is 2. The number of carbonyl (C=O) groups is 1. The van der Waals surface area contributed by atoms with Crippen molar-refractivity contribution in [3.05, 3.63) is 59.9 Å². The first kappa shape index (κ1) is 20.0. The van der Waals surface area contributed by atoms with Gasteiger partial charge in [0, 0.05) is 38.3 Å². The molecule has 0 N–H and O–H groups in total. The summed E-state index contributed by atoms with van der Waals surface area (Å²) in [7, 11) is -3.62. The highest BCUT2D eigenvalue weighted by atomic mass is 32.2. The van der Waals surface area contributed by atoms with Crippen molar-refractivity contribution in [2.45, 2.75) is 11.3 Å². The van der Waals surface area contributed by atoms with Gasteiger partial charge in [0.05, 0.1) is 17.1 Å². The van der Waals surface area contributed by atoms with E-state index in [1.807, 2.05) is 11.0 Å². The molecule has 6 nitrogen and oxygen atoms in total. The Bertz CT molecular complexity index is 1000. The van der Waals surface area contributed by atoms with Gasteiger partial charge >= 0.3 is 0 Å². The van der Waals surface area contributed by atoms with Crippen LogP contribution in [0, 0.1) is 5.82 Å². The van der Waals surface area contributed by atoms with Crippen LogP contribution in [-0.4, -0.2) is 69.2 Å². The largest absolute Gasteiger partial charge is 0.367 e. The Morgan fingerprint density at radius 3 is 2.34 bits per heavy atom. The van der Waals surface area contributed by atoms with Gasteiger partial charge in [0.1, 0.15) is 5.82 Å². The number of ketones is 1. The van der Waals surface area contributed by atoms with E-state index in [-0.39, 0.29) is 28.6 Å². The Hall–Kier alpha value is -2.29. The number of hydrogen-bond donors (Lipinski definition) is 0. The molecular formula is C21H24FN3O3S. The van der Waals surface area contributed by atoms with E-state index >= 15 is 0 Å². The summed E-state index contributed by atoms with van der Waals surface area (Å²) in [6.07, 6.45) is 0.647. The Morgan fingerprint density at radius 1 is 0.897 bits per heavy atom. The number of halogens is 1. The number of carbonyl (C=O) groups excluding carboxylic acids is 1. The lowest BCUT2D eigenvalue weighted by molar-refractivity contribution is 0.0954. The number of nitrogens with zero attached hydrogens (tertiary/aromatic N) is 3. The number of hydrogen-bond acceptors (Lipinski definition) is 5. The number of piperazine rings is 1. The predicted molar refractivity (Wildman–Crippen MR) is 109 cm³/mol. The van der Waals surface area contributed by atoms with Crippen molar-refractivity contribution in [2.24, 2.45) is 0 Å². The molecule has 4 rings (SSSR count). The van der Waals surface area contributed by atoms with Crippen LogP contribution in [0.1, 0.15) is 16.8 Å². The molecule has 8 heteroatoms. The summed E-state index contributed by atoms with van der Waals surface area (Å²) >= 11 is 0. The van der Waals surface area contributed by atoms with Crippen LogP contribution in [0.5, 0.6) is 0 Å². The molecule has 0 amide bonds. The SMILES string of the molecule is O=C1CN(CCCN2CCN(c3ccccc3F)CC2)S(=O)(=O)c2ccccc21. The van der Waals surface area contributed by atoms with E-state index in [2.05, 4.69) is 4.90 Å². The fourth-order valence-corrected chi connectivity index (χ4v) is 5.63. The molecule has 2 aliphatic rings. The van der Waals surface area contributed by atoms with Crippen LogP contribution in [0.15, 0.2) is 53.4 Å². The van der Waals surface area contributed by atoms with Gasteiger partial charge in [0.25, 0.3) is 0 Å². The quantitative estimate of drug-likeness (QED) is 0.747. The lowest BCUT2D eigenvalue weighted by Crippen LogP contribution is -2.47. The summed E-state index contributed by atoms with van der Waals surface area (Å²) in [6, 6.07) is 13.2. The number of sulfonamides is 1. The second-order valence-corrected chi connectivity index (χ2v) is 9.30. The zero-order valence-electron chi connectivity index (χ0n) is 16.1. The van der Waals surface area contributed by atoms with Crippen LogP contribution in [-0.2, 0) is 10.0 Å². The molecule has 0 bridgehead atoms. The maximum absolute atomic E-state index is 13.9. The van der Waals surface area contributed by atoms with Gasteiger partial charge in [-0.25, -0.2) is 12.8 Å². The molecule has 2 aromatic carbocycles. The molecule has 154 valence electrons. The van der Waals surface area contributed by atoms with Gasteiger partial charge in [-0.3, -0.25) is 9.69 Å². The van der Waals surface area contributed by atoms with Crippen LogP contribution in [0.4, 0.5) is 10.1 Å². The minimum atomic E-state index is -3.62. The fraction of sp³-hybridized carbons (Fsp3) is 0.381. The standard InChI is InChI=1S/C21H24FN3O3S/c22-18-7-2-3-8-19(18)24-14-12-23(13-15-24)10-5-11-25-16-20(26)17-6-1-4-9-21(17)29(25,27)28/h1-4,6-9H,5,10-16H2. The summed E-state index contributed by atoms with van der Waals surface area (Å²) in [5, 5.41) is 0. The highest BCUT2D eigenvalue weighted by Gasteiger charge is 2.35. The molecule has 0 aliphatic carbocycles. The highest BCUT2D eigenvalue weighted by molar-refractivity contribution is 7.89. The van der Waals surface area contributed by atoms with Crippen LogP contribution in [0.25, 0.3) is 0 Å². The van der Waals surface area contributed by atoms with Crippen molar-refractivity contribution in [1.82, 2.24) is 9.21 Å². The van der Waals surface area contributed by atoms with E-state index in [9.17, 15) is 17.6 Å². The monoisotopic (exact) mass is 417 g/mol. The highest BCUT2D eigenvalue weighted by Crippen LogP contribution is 2.26. The molecule has 2 heterocycles. The van der Waals surface area contributed by atoms with Crippen LogP contribution in [0.2, 0.25) is 0 Å². The van der Waals surface area contributed by atoms with Crippen molar-refractivity contribution in [3.63, 3.8) is 0 Å². The van der Waals surface area contributed by atoms with Crippen molar-refractivity contribution in [1.29, 1.82) is 0 Å². The zero-order chi connectivity index (χ0) is 20.4. The molecular weight excluding hydrogens is 393 g/mol. The normalized spacial score (nSPS) is 19.9. The lowest BCUT2D eigenvalue weighted by Gasteiger charge is -2.36. The Labute approximate surface area is 170 Å². The predicted octanol–water partition coefficient (Wildman–Crippen LogP) is 2.22. The lowest BCUT2D eigenvalue weighted by atomic mass is 10.1. The molecule has 1 fully saturated rings. The minimum Gasteiger partial charge on any atom is -0.367 e. The van der Waals surface area contributed by atoms with E-state index in [0.717, 1.165) is 32.7 Å². The average Bonchev–Trinajstić information content (AvgIpc) is 2.73. The molecule has 1 saturated heterocycles. The van der Waals surface area contributed by atoms with Gasteiger partial charge in [-0.2, -0.15) is 4.31 Å². The third-order valence-electron chi connectivity index (χ3n) is 5.57. The van der Waals surface area contributed by atoms with Gasteiger partial charge in [-0.05, 0) is 37.2 Å². The molecule has 0 aromatic heterocycles. The molecule has 29 heavy (non-hydrogen) atoms. The molecule has 0 unspecified atom stereocenters. The number of fused-ring (bicyclic) bond motifs is 1. The topological polar surface area (TPSA) is 60.9 Å². The minimum absolute atomic E-state index is 0.0968. The molecule has 0 atom stereocenters. The molecule has 0 spiro atoms. The molecule has 0 radical (unpaired) electrons. The number of rotatable bonds is 5. The summed E-state index contributed by atoms with van der Waals surface area (Å²) in [5.41, 5.74) is 0.914. The van der Waals surface area contributed by atoms with Gasteiger partial charge < -0.3 is 4.90 Å². The Morgan fingerprint density at radius 2 is 1.59 bits per heavy atom. The first-order valence-corrected chi connectivity index (χ1v) is 11.2. The first-order chi connectivity index (χ1) is 14.0. The fourth-order valence-electron chi connectivity index (χ4n) is 3.98. The van der Waals surface area contributed by atoms with Gasteiger partial charge in [0.15, 0.2) is 5.78 Å². The second kappa shape index (κ2) is 8.22. The van der Waals surface area contributed by atoms with Crippen molar-refractivity contribution in [3.8, 4) is 0 Å². The maximum Gasteiger partial charge on any atom is 0.244 e. The van der Waals surface area contributed by atoms with Crippen molar-refractivity contribution in [2.75, 3.05) is 50.7 Å². The third-order valence-corrected chi connectivity index (χ3v) is 7.48. The summed E-state index contributed by atoms with van der Waals surface area (Å²) < 4.78 is 40.8. The van der Waals surface area contributed by atoms with Crippen molar-refractivity contribution >= 4 is 21.5 Å². The molecule has 0 saturated carbocycles. The summed E-state index contributed by atoms with van der Waals surface area (Å²) in [5.74, 6) is -0.366. The van der Waals surface area contributed by atoms with Gasteiger partial charge in [0.2, 0.25) is 10.0 Å². The Balaban J connectivity index is 1.30. The van der Waals surface area contributed by atoms with E-state index in [4.69, 9.17) is 0 Å². The number of Topliss-reactive ketones (excluding diaryl/α,β-unsaturated/α-hetero) is 1. The van der Waals surface area contributed by atoms with Gasteiger partial charge in [-0.1, -0.05) is 24.3 Å². The van der Waals surface area contributed by atoms with Crippen LogP contribution in [0.3, 0.4) is 0 Å². The molecule has 2 aromatic rings. The average molecular weight is 418 g/mol. The first-order valence-electron chi connectivity index (χ1n) is 9.81. The van der Waals surface area contributed by atoms with E-state index < -0.39 is 10.0 Å². The Kier molecular flexibility index (Phi) is 5.67. The van der Waals surface area contributed by atoms with Crippen LogP contribution >= 0.6 is 0 Å². The van der Waals surface area contributed by atoms with E-state index in [0.29, 0.717) is 18.7 Å².